The average Bonchev–Trinajstić information content (AvgIpc) is 2.68. The standard InChI is InChI=1S/C21H19N3O2/c1-15-6-5-12-24-20(15)22-18-11-13-23(14-17(18)21(24)26)19(25)10-9-16-7-3-2-4-8-16/h2-10,12H,11,13-14H2,1H3. The number of hydrogen-bond acceptors (Lipinski definition) is 3. The zero-order chi connectivity index (χ0) is 18.1. The summed E-state index contributed by atoms with van der Waals surface area (Å²) >= 11 is 0. The van der Waals surface area contributed by atoms with E-state index >= 15 is 0 Å². The number of hydrogen-bond donors (Lipinski definition) is 0. The van der Waals surface area contributed by atoms with E-state index in [1.54, 1.807) is 27.6 Å². The Morgan fingerprint density at radius 1 is 1.15 bits per heavy atom. The van der Waals surface area contributed by atoms with Crippen LogP contribution < -0.4 is 5.56 Å². The fourth-order valence-corrected chi connectivity index (χ4v) is 3.28. The lowest BCUT2D eigenvalue weighted by atomic mass is 10.1. The maximum absolute atomic E-state index is 12.8. The molecule has 0 spiro atoms. The van der Waals surface area contributed by atoms with Crippen LogP contribution in [0.15, 0.2) is 59.5 Å². The Bertz CT molecular complexity index is 1070. The van der Waals surface area contributed by atoms with Gasteiger partial charge in [-0.05, 0) is 30.2 Å². The second kappa shape index (κ2) is 6.59. The number of aromatic nitrogens is 2. The summed E-state index contributed by atoms with van der Waals surface area (Å²) in [4.78, 5) is 31.7. The van der Waals surface area contributed by atoms with E-state index in [9.17, 15) is 9.59 Å². The Morgan fingerprint density at radius 3 is 2.77 bits per heavy atom. The van der Waals surface area contributed by atoms with Gasteiger partial charge in [0, 0.05) is 25.2 Å². The number of nitrogens with zero attached hydrogens (tertiary/aromatic N) is 3. The normalized spacial score (nSPS) is 14.0. The van der Waals surface area contributed by atoms with Gasteiger partial charge in [0.2, 0.25) is 5.91 Å². The maximum atomic E-state index is 12.8. The van der Waals surface area contributed by atoms with E-state index in [1.165, 1.54) is 0 Å². The predicted octanol–water partition coefficient (Wildman–Crippen LogP) is 2.60. The lowest BCUT2D eigenvalue weighted by molar-refractivity contribution is -0.126. The van der Waals surface area contributed by atoms with E-state index in [4.69, 9.17) is 0 Å². The Hall–Kier alpha value is -3.21. The summed E-state index contributed by atoms with van der Waals surface area (Å²) in [7, 11) is 0. The molecule has 3 heterocycles. The molecule has 26 heavy (non-hydrogen) atoms. The van der Waals surface area contributed by atoms with Gasteiger partial charge in [0.1, 0.15) is 5.65 Å². The minimum absolute atomic E-state index is 0.0850. The van der Waals surface area contributed by atoms with Crippen LogP contribution in [0.4, 0.5) is 0 Å². The SMILES string of the molecule is Cc1cccn2c(=O)c3c(nc12)CCN(C(=O)C=Cc1ccccc1)C3. The summed E-state index contributed by atoms with van der Waals surface area (Å²) in [5.74, 6) is -0.0896. The van der Waals surface area contributed by atoms with Gasteiger partial charge >= 0.3 is 0 Å². The largest absolute Gasteiger partial charge is 0.334 e. The Kier molecular flexibility index (Phi) is 4.13. The van der Waals surface area contributed by atoms with Gasteiger partial charge in [0.05, 0.1) is 17.8 Å². The third kappa shape index (κ3) is 2.92. The molecule has 5 heteroatoms. The van der Waals surface area contributed by atoms with Crippen LogP contribution in [0.1, 0.15) is 22.4 Å². The summed E-state index contributed by atoms with van der Waals surface area (Å²) in [5.41, 5.74) is 3.97. The monoisotopic (exact) mass is 345 g/mol. The first-order valence-electron chi connectivity index (χ1n) is 8.65. The topological polar surface area (TPSA) is 54.7 Å². The summed E-state index contributed by atoms with van der Waals surface area (Å²) < 4.78 is 1.57. The fourth-order valence-electron chi connectivity index (χ4n) is 3.28. The summed E-state index contributed by atoms with van der Waals surface area (Å²) in [5, 5.41) is 0. The molecular formula is C21H19N3O2. The van der Waals surface area contributed by atoms with Crippen LogP contribution in [0.25, 0.3) is 11.7 Å². The molecule has 0 bridgehead atoms. The quantitative estimate of drug-likeness (QED) is 0.671. The molecule has 3 aromatic rings. The first kappa shape index (κ1) is 16.3. The van der Waals surface area contributed by atoms with Crippen LogP contribution in [-0.4, -0.2) is 26.7 Å². The summed E-state index contributed by atoms with van der Waals surface area (Å²) in [6.07, 6.45) is 5.69. The molecule has 2 aromatic heterocycles. The van der Waals surface area contributed by atoms with Crippen molar-refractivity contribution in [1.82, 2.24) is 14.3 Å². The smallest absolute Gasteiger partial charge is 0.263 e. The van der Waals surface area contributed by atoms with E-state index in [0.717, 1.165) is 16.8 Å². The highest BCUT2D eigenvalue weighted by Gasteiger charge is 2.24. The number of pyridine rings is 1. The van der Waals surface area contributed by atoms with Crippen LogP contribution in [0.3, 0.4) is 0 Å². The van der Waals surface area contributed by atoms with Crippen LogP contribution in [0.2, 0.25) is 0 Å². The molecule has 0 atom stereocenters. The second-order valence-corrected chi connectivity index (χ2v) is 6.48. The highest BCUT2D eigenvalue weighted by atomic mass is 16.2. The van der Waals surface area contributed by atoms with Crippen molar-refractivity contribution in [3.63, 3.8) is 0 Å². The molecule has 0 N–H and O–H groups in total. The van der Waals surface area contributed by atoms with Gasteiger partial charge < -0.3 is 4.90 Å². The van der Waals surface area contributed by atoms with Gasteiger partial charge in [0.25, 0.3) is 5.56 Å². The first-order chi connectivity index (χ1) is 12.6. The highest BCUT2D eigenvalue weighted by Crippen LogP contribution is 2.17. The minimum Gasteiger partial charge on any atom is -0.334 e. The van der Waals surface area contributed by atoms with E-state index in [2.05, 4.69) is 4.98 Å². The Morgan fingerprint density at radius 2 is 1.96 bits per heavy atom. The van der Waals surface area contributed by atoms with Crippen LogP contribution in [0, 0.1) is 6.92 Å². The van der Waals surface area contributed by atoms with E-state index in [0.29, 0.717) is 30.7 Å². The molecule has 1 aliphatic heterocycles. The minimum atomic E-state index is -0.0896. The van der Waals surface area contributed by atoms with Gasteiger partial charge in [-0.15, -0.1) is 0 Å². The molecule has 1 amide bonds. The van der Waals surface area contributed by atoms with E-state index in [-0.39, 0.29) is 11.5 Å². The number of carbonyl (C=O) groups excluding carboxylic acids is 1. The number of benzene rings is 1. The zero-order valence-corrected chi connectivity index (χ0v) is 14.6. The molecular weight excluding hydrogens is 326 g/mol. The first-order valence-corrected chi connectivity index (χ1v) is 8.65. The van der Waals surface area contributed by atoms with Crippen molar-refractivity contribution >= 4 is 17.6 Å². The van der Waals surface area contributed by atoms with Gasteiger partial charge in [0.15, 0.2) is 0 Å². The molecule has 0 radical (unpaired) electrons. The lowest BCUT2D eigenvalue weighted by Crippen LogP contribution is -2.39. The average molecular weight is 345 g/mol. The molecule has 1 aromatic carbocycles. The van der Waals surface area contributed by atoms with Crippen LogP contribution in [0.5, 0.6) is 0 Å². The number of aryl methyl sites for hydroxylation is 1. The number of carbonyl (C=O) groups is 1. The van der Waals surface area contributed by atoms with Crippen molar-refractivity contribution in [2.24, 2.45) is 0 Å². The Balaban J connectivity index is 1.62. The summed E-state index contributed by atoms with van der Waals surface area (Å²) in [6.45, 7) is 2.82. The third-order valence-corrected chi connectivity index (χ3v) is 4.73. The van der Waals surface area contributed by atoms with E-state index in [1.807, 2.05) is 49.4 Å². The molecule has 0 fully saturated rings. The summed E-state index contributed by atoms with van der Waals surface area (Å²) in [6, 6.07) is 13.5. The van der Waals surface area contributed by atoms with Crippen molar-refractivity contribution in [1.29, 1.82) is 0 Å². The fraction of sp³-hybridized carbons (Fsp3) is 0.190. The highest BCUT2D eigenvalue weighted by molar-refractivity contribution is 5.91. The van der Waals surface area contributed by atoms with Crippen molar-refractivity contribution in [3.8, 4) is 0 Å². The lowest BCUT2D eigenvalue weighted by Gasteiger charge is -2.27. The Labute approximate surface area is 151 Å². The van der Waals surface area contributed by atoms with Gasteiger partial charge in [-0.25, -0.2) is 4.98 Å². The number of amides is 1. The van der Waals surface area contributed by atoms with Crippen LogP contribution in [-0.2, 0) is 17.8 Å². The molecule has 0 unspecified atom stereocenters. The predicted molar refractivity (Wildman–Crippen MR) is 101 cm³/mol. The van der Waals surface area contributed by atoms with Gasteiger partial charge in [-0.2, -0.15) is 0 Å². The van der Waals surface area contributed by atoms with Crippen molar-refractivity contribution in [2.75, 3.05) is 6.54 Å². The molecule has 1 aliphatic rings. The van der Waals surface area contributed by atoms with Gasteiger partial charge in [-0.1, -0.05) is 36.4 Å². The molecule has 0 saturated heterocycles. The molecule has 4 rings (SSSR count). The molecule has 130 valence electrons. The molecule has 0 saturated carbocycles. The number of fused-ring (bicyclic) bond motifs is 2. The molecule has 0 aliphatic carbocycles. The maximum Gasteiger partial charge on any atom is 0.263 e. The van der Waals surface area contributed by atoms with Crippen molar-refractivity contribution < 1.29 is 4.79 Å². The van der Waals surface area contributed by atoms with Crippen molar-refractivity contribution in [3.05, 3.63) is 87.5 Å². The van der Waals surface area contributed by atoms with Gasteiger partial charge in [-0.3, -0.25) is 14.0 Å². The van der Waals surface area contributed by atoms with E-state index < -0.39 is 0 Å². The zero-order valence-electron chi connectivity index (χ0n) is 14.6. The van der Waals surface area contributed by atoms with Crippen LogP contribution >= 0.6 is 0 Å². The van der Waals surface area contributed by atoms with Crippen molar-refractivity contribution in [2.45, 2.75) is 19.9 Å². The number of rotatable bonds is 2. The third-order valence-electron chi connectivity index (χ3n) is 4.73. The second-order valence-electron chi connectivity index (χ2n) is 6.48. The molecule has 5 nitrogen and oxygen atoms in total.